The Bertz CT molecular complexity index is 1400. The third-order valence-corrected chi connectivity index (χ3v) is 10.2. The first kappa shape index (κ1) is 24.2. The number of nitrogens with one attached hydrogen (secondary N) is 1. The van der Waals surface area contributed by atoms with Gasteiger partial charge >= 0.3 is 0 Å². The van der Waals surface area contributed by atoms with Crippen molar-refractivity contribution in [1.29, 1.82) is 0 Å². The van der Waals surface area contributed by atoms with Crippen molar-refractivity contribution in [3.63, 3.8) is 0 Å². The van der Waals surface area contributed by atoms with Gasteiger partial charge in [-0.3, -0.25) is 9.11 Å². The highest BCUT2D eigenvalue weighted by Gasteiger charge is 2.35. The fourth-order valence-corrected chi connectivity index (χ4v) is 7.55. The minimum Gasteiger partial charge on any atom is -0.496 e. The number of ether oxygens (including phenoxy) is 1. The summed E-state index contributed by atoms with van der Waals surface area (Å²) in [6.45, 7) is 0.752. The first-order valence-electron chi connectivity index (χ1n) is 11.2. The molecule has 0 amide bonds. The number of halogens is 1. The molecule has 0 aliphatic carbocycles. The van der Waals surface area contributed by atoms with E-state index in [1.807, 2.05) is 18.2 Å². The van der Waals surface area contributed by atoms with E-state index in [1.54, 1.807) is 19.4 Å². The molecule has 1 fully saturated rings. The van der Waals surface area contributed by atoms with Gasteiger partial charge in [-0.1, -0.05) is 6.08 Å². The Labute approximate surface area is 204 Å². The molecule has 188 valence electrons. The number of hydrogen-bond acceptors (Lipinski definition) is 6. The van der Waals surface area contributed by atoms with Crippen LogP contribution in [-0.4, -0.2) is 80.9 Å². The highest BCUT2D eigenvalue weighted by molar-refractivity contribution is 8.24. The molecule has 0 spiro atoms. The number of aromatic amines is 1. The lowest BCUT2D eigenvalue weighted by atomic mass is 10.0. The van der Waals surface area contributed by atoms with Crippen molar-refractivity contribution in [2.75, 3.05) is 44.8 Å². The zero-order valence-corrected chi connectivity index (χ0v) is 20.8. The van der Waals surface area contributed by atoms with Gasteiger partial charge in [-0.15, -0.1) is 0 Å². The topological polar surface area (TPSA) is 119 Å². The molecule has 0 radical (unpaired) electrons. The number of H-pyrrole nitrogens is 1. The Kier molecular flexibility index (Phi) is 6.36. The van der Waals surface area contributed by atoms with Crippen molar-refractivity contribution in [1.82, 2.24) is 18.6 Å². The van der Waals surface area contributed by atoms with E-state index >= 15 is 0 Å². The van der Waals surface area contributed by atoms with Gasteiger partial charge in [0, 0.05) is 49.0 Å². The average molecular weight is 523 g/mol. The standard InChI is InChI=1S/C23H27FN4O5S2/c1-33-22-3-2-17(24)14-19(22)18-4-7-25-23-20(18)15-21(26-23)16-5-8-27(9-6-16)35(31,32)28-10-12-34(29,30)13-11-28/h2-5,7,14-15,29-30H,6,8-13H2,1H3,(H,25,26). The molecule has 0 bridgehead atoms. The molecule has 5 rings (SSSR count). The van der Waals surface area contributed by atoms with Crippen LogP contribution in [0.5, 0.6) is 5.75 Å². The molecule has 2 aliphatic rings. The lowest BCUT2D eigenvalue weighted by molar-refractivity contribution is 0.350. The second kappa shape index (κ2) is 9.19. The molecular weight excluding hydrogens is 495 g/mol. The number of nitrogens with zero attached hydrogens (tertiary/aromatic N) is 3. The normalized spacial score (nSPS) is 20.5. The summed E-state index contributed by atoms with van der Waals surface area (Å²) >= 11 is 0. The molecule has 0 saturated carbocycles. The van der Waals surface area contributed by atoms with Crippen molar-refractivity contribution < 1.29 is 26.7 Å². The van der Waals surface area contributed by atoms with Gasteiger partial charge in [0.15, 0.2) is 0 Å². The fourth-order valence-electron chi connectivity index (χ4n) is 4.53. The predicted octanol–water partition coefficient (Wildman–Crippen LogP) is 3.78. The first-order valence-corrected chi connectivity index (χ1v) is 14.5. The summed E-state index contributed by atoms with van der Waals surface area (Å²) in [4.78, 5) is 7.73. The smallest absolute Gasteiger partial charge is 0.282 e. The molecule has 12 heteroatoms. The molecule has 3 N–H and O–H groups in total. The van der Waals surface area contributed by atoms with Crippen LogP contribution >= 0.6 is 10.6 Å². The van der Waals surface area contributed by atoms with Crippen molar-refractivity contribution in [3.05, 3.63) is 54.1 Å². The van der Waals surface area contributed by atoms with Crippen LogP contribution in [0.4, 0.5) is 4.39 Å². The van der Waals surface area contributed by atoms with Crippen LogP contribution in [0.15, 0.2) is 42.6 Å². The Morgan fingerprint density at radius 1 is 1.09 bits per heavy atom. The lowest BCUT2D eigenvalue weighted by Crippen LogP contribution is -2.50. The number of fused-ring (bicyclic) bond motifs is 1. The van der Waals surface area contributed by atoms with Crippen molar-refractivity contribution in [2.45, 2.75) is 6.42 Å². The van der Waals surface area contributed by atoms with E-state index in [4.69, 9.17) is 4.74 Å². The number of methoxy groups -OCH3 is 1. The molecule has 9 nitrogen and oxygen atoms in total. The van der Waals surface area contributed by atoms with Crippen LogP contribution < -0.4 is 4.74 Å². The Balaban J connectivity index is 1.40. The molecule has 3 aromatic rings. The predicted molar refractivity (Wildman–Crippen MR) is 135 cm³/mol. The molecule has 0 unspecified atom stereocenters. The molecule has 2 aromatic heterocycles. The van der Waals surface area contributed by atoms with Crippen molar-refractivity contribution in [2.24, 2.45) is 0 Å². The second-order valence-corrected chi connectivity index (χ2v) is 13.0. The maximum Gasteiger partial charge on any atom is 0.282 e. The van der Waals surface area contributed by atoms with Crippen LogP contribution in [0.2, 0.25) is 0 Å². The summed E-state index contributed by atoms with van der Waals surface area (Å²) < 4.78 is 67.8. The summed E-state index contributed by atoms with van der Waals surface area (Å²) in [5, 5.41) is 0.814. The Hall–Kier alpha value is -2.48. The van der Waals surface area contributed by atoms with E-state index < -0.39 is 20.8 Å². The van der Waals surface area contributed by atoms with Gasteiger partial charge in [0.1, 0.15) is 17.2 Å². The Morgan fingerprint density at radius 3 is 2.54 bits per heavy atom. The van der Waals surface area contributed by atoms with Gasteiger partial charge in [-0.05, 0) is 47.9 Å². The van der Waals surface area contributed by atoms with Crippen LogP contribution in [0.3, 0.4) is 0 Å². The Morgan fingerprint density at radius 2 is 1.86 bits per heavy atom. The maximum atomic E-state index is 14.0. The molecule has 1 aromatic carbocycles. The quantitative estimate of drug-likeness (QED) is 0.469. The number of pyridine rings is 1. The minimum absolute atomic E-state index is 0.0711. The van der Waals surface area contributed by atoms with Crippen LogP contribution in [0.25, 0.3) is 27.7 Å². The average Bonchev–Trinajstić information content (AvgIpc) is 3.28. The third kappa shape index (κ3) is 4.69. The minimum atomic E-state index is -3.68. The lowest BCUT2D eigenvalue weighted by Gasteiger charge is -2.41. The molecule has 1 saturated heterocycles. The van der Waals surface area contributed by atoms with Crippen LogP contribution in [0, 0.1) is 5.82 Å². The third-order valence-electron chi connectivity index (χ3n) is 6.49. The summed E-state index contributed by atoms with van der Waals surface area (Å²) in [6, 6.07) is 8.14. The van der Waals surface area contributed by atoms with Gasteiger partial charge in [0.05, 0.1) is 18.6 Å². The van der Waals surface area contributed by atoms with Gasteiger partial charge < -0.3 is 9.72 Å². The van der Waals surface area contributed by atoms with Gasteiger partial charge in [-0.2, -0.15) is 27.6 Å². The maximum absolute atomic E-state index is 14.0. The molecule has 2 aliphatic heterocycles. The van der Waals surface area contributed by atoms with Crippen molar-refractivity contribution in [3.8, 4) is 16.9 Å². The summed E-state index contributed by atoms with van der Waals surface area (Å²) in [6.07, 6.45) is 4.04. The highest BCUT2D eigenvalue weighted by Crippen LogP contribution is 2.41. The highest BCUT2D eigenvalue weighted by atomic mass is 32.3. The number of hydrogen-bond donors (Lipinski definition) is 3. The van der Waals surface area contributed by atoms with E-state index in [0.717, 1.165) is 22.2 Å². The van der Waals surface area contributed by atoms with Gasteiger partial charge in [0.2, 0.25) is 0 Å². The molecular formula is C23H27FN4O5S2. The summed E-state index contributed by atoms with van der Waals surface area (Å²) in [5.41, 5.74) is 3.86. The summed E-state index contributed by atoms with van der Waals surface area (Å²) in [5.74, 6) is 0.332. The van der Waals surface area contributed by atoms with Crippen molar-refractivity contribution >= 4 is 37.4 Å². The van der Waals surface area contributed by atoms with Gasteiger partial charge in [0.25, 0.3) is 10.2 Å². The van der Waals surface area contributed by atoms with Gasteiger partial charge in [-0.25, -0.2) is 9.37 Å². The fraction of sp³-hybridized carbons (Fsp3) is 0.348. The second-order valence-electron chi connectivity index (χ2n) is 8.60. The molecule has 0 atom stereocenters. The molecule has 4 heterocycles. The number of aromatic nitrogens is 2. The van der Waals surface area contributed by atoms with E-state index in [1.165, 1.54) is 20.7 Å². The van der Waals surface area contributed by atoms with Crippen LogP contribution in [-0.2, 0) is 10.2 Å². The zero-order chi connectivity index (χ0) is 24.8. The van der Waals surface area contributed by atoms with E-state index in [9.17, 15) is 21.9 Å². The first-order chi connectivity index (χ1) is 16.7. The largest absolute Gasteiger partial charge is 0.496 e. The van der Waals surface area contributed by atoms with Crippen LogP contribution in [0.1, 0.15) is 12.1 Å². The van der Waals surface area contributed by atoms with E-state index in [2.05, 4.69) is 9.97 Å². The zero-order valence-electron chi connectivity index (χ0n) is 19.1. The van der Waals surface area contributed by atoms with E-state index in [-0.39, 0.29) is 37.0 Å². The molecule has 35 heavy (non-hydrogen) atoms. The number of rotatable bonds is 5. The van der Waals surface area contributed by atoms with E-state index in [0.29, 0.717) is 29.9 Å². The monoisotopic (exact) mass is 522 g/mol. The SMILES string of the molecule is COc1ccc(F)cc1-c1ccnc2[nH]c(C3=CCN(S(=O)(=O)N4CCS(O)(O)CC4)CC3)cc12. The number of benzene rings is 1. The summed E-state index contributed by atoms with van der Waals surface area (Å²) in [7, 11) is -4.81.